The van der Waals surface area contributed by atoms with Crippen molar-refractivity contribution in [3.8, 4) is 16.8 Å². The number of hydrogen-bond acceptors (Lipinski definition) is 6. The summed E-state index contributed by atoms with van der Waals surface area (Å²) in [5.74, 6) is 0.268. The Morgan fingerprint density at radius 1 is 1.21 bits per heavy atom. The number of aliphatic hydroxyl groups is 1. The maximum absolute atomic E-state index is 12.7. The first-order valence-electron chi connectivity index (χ1n) is 9.51. The van der Waals surface area contributed by atoms with E-state index in [0.29, 0.717) is 23.7 Å². The molecule has 0 saturated carbocycles. The van der Waals surface area contributed by atoms with E-state index in [-0.39, 0.29) is 25.2 Å². The molecule has 0 spiro atoms. The van der Waals surface area contributed by atoms with E-state index in [0.717, 1.165) is 16.7 Å². The molecule has 3 aromatic rings. The second-order valence-electron chi connectivity index (χ2n) is 6.84. The zero-order chi connectivity index (χ0) is 20.8. The van der Waals surface area contributed by atoms with Crippen LogP contribution in [0.3, 0.4) is 0 Å². The fourth-order valence-corrected chi connectivity index (χ4v) is 2.82. The Morgan fingerprint density at radius 2 is 1.97 bits per heavy atom. The quantitative estimate of drug-likeness (QED) is 0.607. The Bertz CT molecular complexity index is 969. The van der Waals surface area contributed by atoms with E-state index in [1.54, 1.807) is 17.7 Å². The monoisotopic (exact) mass is 395 g/mol. The van der Waals surface area contributed by atoms with Crippen molar-refractivity contribution in [2.45, 2.75) is 33.4 Å². The predicted molar refractivity (Wildman–Crippen MR) is 109 cm³/mol. The highest BCUT2D eigenvalue weighted by Crippen LogP contribution is 2.25. The van der Waals surface area contributed by atoms with Gasteiger partial charge in [0.15, 0.2) is 5.82 Å². The van der Waals surface area contributed by atoms with Gasteiger partial charge in [-0.05, 0) is 60.5 Å². The largest absolute Gasteiger partial charge is 0.394 e. The molecule has 2 aromatic carbocycles. The zero-order valence-corrected chi connectivity index (χ0v) is 16.8. The van der Waals surface area contributed by atoms with Crippen LogP contribution in [0, 0.1) is 6.92 Å². The van der Waals surface area contributed by atoms with Gasteiger partial charge in [-0.2, -0.15) is 4.68 Å². The summed E-state index contributed by atoms with van der Waals surface area (Å²) < 4.78 is 7.01. The number of rotatable bonds is 8. The van der Waals surface area contributed by atoms with Crippen molar-refractivity contribution < 1.29 is 14.6 Å². The second kappa shape index (κ2) is 9.40. The number of aryl methyl sites for hydroxylation is 1. The third-order valence-electron chi connectivity index (χ3n) is 4.43. The average Bonchev–Trinajstić information content (AvgIpc) is 3.20. The van der Waals surface area contributed by atoms with E-state index < -0.39 is 0 Å². The summed E-state index contributed by atoms with van der Waals surface area (Å²) in [6, 6.07) is 13.2. The Kier molecular flexibility index (Phi) is 6.69. The van der Waals surface area contributed by atoms with E-state index in [4.69, 9.17) is 4.74 Å². The van der Waals surface area contributed by atoms with Crippen molar-refractivity contribution in [3.05, 3.63) is 59.4 Å². The number of tetrazole rings is 1. The molecule has 0 saturated heterocycles. The topological polar surface area (TPSA) is 102 Å². The molecule has 0 aliphatic rings. The molecule has 0 bridgehead atoms. The molecule has 8 heteroatoms. The van der Waals surface area contributed by atoms with E-state index in [2.05, 4.69) is 20.8 Å². The minimum absolute atomic E-state index is 0.137. The maximum atomic E-state index is 12.7. The summed E-state index contributed by atoms with van der Waals surface area (Å²) in [6.07, 6.45) is 0. The van der Waals surface area contributed by atoms with Crippen LogP contribution >= 0.6 is 0 Å². The lowest BCUT2D eigenvalue weighted by molar-refractivity contribution is 0.0922. The van der Waals surface area contributed by atoms with Gasteiger partial charge in [0.25, 0.3) is 5.91 Å². The molecular formula is C21H25N5O3. The van der Waals surface area contributed by atoms with Crippen molar-refractivity contribution in [1.29, 1.82) is 0 Å². The molecule has 29 heavy (non-hydrogen) atoms. The van der Waals surface area contributed by atoms with Crippen molar-refractivity contribution in [2.75, 3.05) is 13.2 Å². The van der Waals surface area contributed by atoms with Crippen molar-refractivity contribution in [2.24, 2.45) is 0 Å². The van der Waals surface area contributed by atoms with E-state index in [1.165, 1.54) is 0 Å². The molecule has 1 atom stereocenters. The lowest BCUT2D eigenvalue weighted by Crippen LogP contribution is -2.35. The van der Waals surface area contributed by atoms with Crippen molar-refractivity contribution in [1.82, 2.24) is 25.5 Å². The minimum atomic E-state index is -0.351. The SMILES string of the molecule is CCOCc1nnnn1-c1cc(C(=O)NC(C)CO)cc(-c2ccc(C)cc2)c1. The van der Waals surface area contributed by atoms with Crippen LogP contribution in [0.25, 0.3) is 16.8 Å². The van der Waals surface area contributed by atoms with Crippen LogP contribution in [-0.4, -0.2) is 50.5 Å². The average molecular weight is 395 g/mol. The van der Waals surface area contributed by atoms with Gasteiger partial charge in [0.1, 0.15) is 6.61 Å². The van der Waals surface area contributed by atoms with Gasteiger partial charge in [-0.1, -0.05) is 29.8 Å². The summed E-state index contributed by atoms with van der Waals surface area (Å²) in [5, 5.41) is 23.9. The lowest BCUT2D eigenvalue weighted by atomic mass is 10.0. The number of carbonyl (C=O) groups is 1. The van der Waals surface area contributed by atoms with Gasteiger partial charge in [0, 0.05) is 18.2 Å². The Labute approximate surface area is 169 Å². The van der Waals surface area contributed by atoms with Crippen LogP contribution < -0.4 is 5.32 Å². The molecule has 1 heterocycles. The Hall–Kier alpha value is -3.10. The second-order valence-corrected chi connectivity index (χ2v) is 6.84. The fourth-order valence-electron chi connectivity index (χ4n) is 2.82. The van der Waals surface area contributed by atoms with E-state index >= 15 is 0 Å². The van der Waals surface area contributed by atoms with Gasteiger partial charge in [-0.25, -0.2) is 0 Å². The Morgan fingerprint density at radius 3 is 2.66 bits per heavy atom. The van der Waals surface area contributed by atoms with Gasteiger partial charge in [0.05, 0.1) is 12.3 Å². The molecule has 1 aromatic heterocycles. The molecule has 0 radical (unpaired) electrons. The highest BCUT2D eigenvalue weighted by molar-refractivity contribution is 5.96. The van der Waals surface area contributed by atoms with E-state index in [9.17, 15) is 9.90 Å². The highest BCUT2D eigenvalue weighted by atomic mass is 16.5. The molecule has 3 rings (SSSR count). The predicted octanol–water partition coefficient (Wildman–Crippen LogP) is 2.28. The van der Waals surface area contributed by atoms with E-state index in [1.807, 2.05) is 50.2 Å². The van der Waals surface area contributed by atoms with Crippen LogP contribution in [-0.2, 0) is 11.3 Å². The van der Waals surface area contributed by atoms with Crippen molar-refractivity contribution in [3.63, 3.8) is 0 Å². The van der Waals surface area contributed by atoms with Gasteiger partial charge in [0.2, 0.25) is 0 Å². The summed E-state index contributed by atoms with van der Waals surface area (Å²) in [4.78, 5) is 12.7. The third-order valence-corrected chi connectivity index (χ3v) is 4.43. The standard InChI is InChI=1S/C21H25N5O3/c1-4-29-13-20-23-24-25-26(20)19-10-17(16-7-5-14(2)6-8-16)9-18(11-19)21(28)22-15(3)12-27/h5-11,15,27H,4,12-13H2,1-3H3,(H,22,28). The summed E-state index contributed by atoms with van der Waals surface area (Å²) >= 11 is 0. The summed E-state index contributed by atoms with van der Waals surface area (Å²) in [6.45, 7) is 6.34. The molecular weight excluding hydrogens is 370 g/mol. The molecule has 1 amide bonds. The summed E-state index contributed by atoms with van der Waals surface area (Å²) in [7, 11) is 0. The minimum Gasteiger partial charge on any atom is -0.394 e. The number of aromatic nitrogens is 4. The number of amides is 1. The number of hydrogen-bond donors (Lipinski definition) is 2. The number of nitrogens with one attached hydrogen (secondary N) is 1. The van der Waals surface area contributed by atoms with Gasteiger partial charge >= 0.3 is 0 Å². The van der Waals surface area contributed by atoms with Crippen LogP contribution in [0.1, 0.15) is 35.6 Å². The number of ether oxygens (including phenoxy) is 1. The molecule has 152 valence electrons. The smallest absolute Gasteiger partial charge is 0.251 e. The Balaban J connectivity index is 2.06. The maximum Gasteiger partial charge on any atom is 0.251 e. The normalized spacial score (nSPS) is 12.0. The number of carbonyl (C=O) groups excluding carboxylic acids is 1. The lowest BCUT2D eigenvalue weighted by Gasteiger charge is -2.14. The number of benzene rings is 2. The third kappa shape index (κ3) is 5.04. The first-order valence-corrected chi connectivity index (χ1v) is 9.51. The number of nitrogens with zero attached hydrogens (tertiary/aromatic N) is 4. The van der Waals surface area contributed by atoms with Crippen LogP contribution in [0.5, 0.6) is 0 Å². The van der Waals surface area contributed by atoms with Gasteiger partial charge in [-0.3, -0.25) is 4.79 Å². The first kappa shape index (κ1) is 20.6. The van der Waals surface area contributed by atoms with Gasteiger partial charge in [-0.15, -0.1) is 5.10 Å². The highest BCUT2D eigenvalue weighted by Gasteiger charge is 2.16. The molecule has 0 fully saturated rings. The molecule has 0 aliphatic carbocycles. The van der Waals surface area contributed by atoms with Crippen LogP contribution in [0.15, 0.2) is 42.5 Å². The van der Waals surface area contributed by atoms with Crippen LogP contribution in [0.4, 0.5) is 0 Å². The molecule has 1 unspecified atom stereocenters. The molecule has 0 aliphatic heterocycles. The van der Waals surface area contributed by atoms with Gasteiger partial charge < -0.3 is 15.2 Å². The first-order chi connectivity index (χ1) is 14.0. The molecule has 8 nitrogen and oxygen atoms in total. The molecule has 2 N–H and O–H groups in total. The fraction of sp³-hybridized carbons (Fsp3) is 0.333. The van der Waals surface area contributed by atoms with Crippen LogP contribution in [0.2, 0.25) is 0 Å². The zero-order valence-electron chi connectivity index (χ0n) is 16.8. The number of aliphatic hydroxyl groups excluding tert-OH is 1. The van der Waals surface area contributed by atoms with Crippen molar-refractivity contribution >= 4 is 5.91 Å². The summed E-state index contributed by atoms with van der Waals surface area (Å²) in [5.41, 5.74) is 4.10.